The molecule has 134 valence electrons. The fourth-order valence-electron chi connectivity index (χ4n) is 2.17. The van der Waals surface area contributed by atoms with Gasteiger partial charge in [-0.15, -0.1) is 0 Å². The summed E-state index contributed by atoms with van der Waals surface area (Å²) < 4.78 is 15.8. The van der Waals surface area contributed by atoms with Gasteiger partial charge in [-0.1, -0.05) is 6.07 Å². The Hall–Kier alpha value is -3.16. The van der Waals surface area contributed by atoms with Crippen molar-refractivity contribution in [3.05, 3.63) is 47.4 Å². The van der Waals surface area contributed by atoms with Gasteiger partial charge in [0.1, 0.15) is 5.76 Å². The molecule has 2 rings (SSSR count). The van der Waals surface area contributed by atoms with Crippen LogP contribution >= 0.6 is 0 Å². The van der Waals surface area contributed by atoms with E-state index in [0.29, 0.717) is 36.3 Å². The number of hydrogen-bond acceptors (Lipinski definition) is 5. The Bertz CT molecular complexity index is 755. The summed E-state index contributed by atoms with van der Waals surface area (Å²) >= 11 is 0. The number of carbonyl (C=O) groups excluding carboxylic acids is 1. The van der Waals surface area contributed by atoms with Gasteiger partial charge in [0.15, 0.2) is 23.2 Å². The van der Waals surface area contributed by atoms with Gasteiger partial charge in [0.2, 0.25) is 0 Å². The minimum atomic E-state index is -0.595. The molecular weight excluding hydrogens is 324 g/mol. The molecule has 0 unspecified atom stereocenters. The quantitative estimate of drug-likeness (QED) is 0.514. The third-order valence-electron chi connectivity index (χ3n) is 3.47. The molecule has 1 amide bonds. The van der Waals surface area contributed by atoms with E-state index in [1.165, 1.54) is 0 Å². The Labute approximate surface area is 146 Å². The number of rotatable bonds is 7. The Kier molecular flexibility index (Phi) is 6.27. The van der Waals surface area contributed by atoms with Crippen LogP contribution in [0.15, 0.2) is 39.7 Å². The van der Waals surface area contributed by atoms with Gasteiger partial charge < -0.3 is 30.3 Å². The summed E-state index contributed by atoms with van der Waals surface area (Å²) in [5, 5.41) is 6.28. The molecule has 1 heterocycles. The Morgan fingerprint density at radius 1 is 1.12 bits per heavy atom. The number of nitrogens with one attached hydrogen (secondary N) is 2. The van der Waals surface area contributed by atoms with E-state index in [0.717, 1.165) is 5.56 Å². The molecule has 1 aromatic heterocycles. The topological polar surface area (TPSA) is 111 Å². The van der Waals surface area contributed by atoms with Crippen LogP contribution in [0.4, 0.5) is 0 Å². The van der Waals surface area contributed by atoms with Crippen molar-refractivity contribution < 1.29 is 18.7 Å². The van der Waals surface area contributed by atoms with Crippen LogP contribution in [0.3, 0.4) is 0 Å². The van der Waals surface area contributed by atoms with Gasteiger partial charge in [-0.3, -0.25) is 9.79 Å². The molecule has 0 aliphatic heterocycles. The number of methoxy groups -OCH3 is 2. The summed E-state index contributed by atoms with van der Waals surface area (Å²) in [4.78, 5) is 15.2. The minimum Gasteiger partial charge on any atom is -0.493 e. The molecule has 0 aliphatic rings. The molecule has 0 atom stereocenters. The van der Waals surface area contributed by atoms with Gasteiger partial charge in [0.25, 0.3) is 5.91 Å². The van der Waals surface area contributed by atoms with Crippen molar-refractivity contribution in [2.45, 2.75) is 13.1 Å². The van der Waals surface area contributed by atoms with E-state index < -0.39 is 5.91 Å². The second kappa shape index (κ2) is 8.62. The highest BCUT2D eigenvalue weighted by Gasteiger charge is 2.08. The number of nitrogens with two attached hydrogens (primary N) is 1. The van der Waals surface area contributed by atoms with Gasteiger partial charge in [0.05, 0.1) is 20.8 Å². The third kappa shape index (κ3) is 4.90. The SMILES string of the molecule is CN=C(NCc1ccc(OC)c(OC)c1)NCc1ccc(C(N)=O)o1. The van der Waals surface area contributed by atoms with Crippen molar-refractivity contribution in [1.29, 1.82) is 0 Å². The summed E-state index contributed by atoms with van der Waals surface area (Å²) in [6, 6.07) is 8.91. The van der Waals surface area contributed by atoms with E-state index >= 15 is 0 Å². The van der Waals surface area contributed by atoms with Crippen molar-refractivity contribution in [3.8, 4) is 11.5 Å². The highest BCUT2D eigenvalue weighted by Crippen LogP contribution is 2.27. The Morgan fingerprint density at radius 2 is 1.84 bits per heavy atom. The van der Waals surface area contributed by atoms with E-state index in [1.54, 1.807) is 33.4 Å². The number of aliphatic imine (C=N–C) groups is 1. The lowest BCUT2D eigenvalue weighted by molar-refractivity contribution is 0.0972. The zero-order valence-electron chi connectivity index (χ0n) is 14.5. The fourth-order valence-corrected chi connectivity index (χ4v) is 2.17. The number of ether oxygens (including phenoxy) is 2. The molecular formula is C17H22N4O4. The standard InChI is InChI=1S/C17H22N4O4/c1-19-17(21-10-12-5-7-14(25-12)16(18)22)20-9-11-4-6-13(23-2)15(8-11)24-3/h4-8H,9-10H2,1-3H3,(H2,18,22)(H2,19,20,21). The van der Waals surface area contributed by atoms with Crippen LogP contribution < -0.4 is 25.8 Å². The summed E-state index contributed by atoms with van der Waals surface area (Å²) in [5.74, 6) is 2.05. The predicted octanol–water partition coefficient (Wildman–Crippen LogP) is 1.26. The minimum absolute atomic E-state index is 0.130. The summed E-state index contributed by atoms with van der Waals surface area (Å²) in [7, 11) is 4.86. The second-order valence-corrected chi connectivity index (χ2v) is 5.10. The van der Waals surface area contributed by atoms with Gasteiger partial charge >= 0.3 is 0 Å². The zero-order chi connectivity index (χ0) is 18.2. The first kappa shape index (κ1) is 18.2. The second-order valence-electron chi connectivity index (χ2n) is 5.10. The number of primary amides is 1. The highest BCUT2D eigenvalue weighted by atomic mass is 16.5. The van der Waals surface area contributed by atoms with Crippen molar-refractivity contribution in [2.75, 3.05) is 21.3 Å². The largest absolute Gasteiger partial charge is 0.493 e. The third-order valence-corrected chi connectivity index (χ3v) is 3.47. The molecule has 8 nitrogen and oxygen atoms in total. The maximum Gasteiger partial charge on any atom is 0.284 e. The first-order valence-corrected chi connectivity index (χ1v) is 7.61. The number of carbonyl (C=O) groups is 1. The van der Waals surface area contributed by atoms with Gasteiger partial charge in [-0.05, 0) is 29.8 Å². The zero-order valence-corrected chi connectivity index (χ0v) is 14.5. The number of nitrogens with zero attached hydrogens (tertiary/aromatic N) is 1. The molecule has 0 spiro atoms. The number of amides is 1. The fraction of sp³-hybridized carbons (Fsp3) is 0.294. The summed E-state index contributed by atoms with van der Waals surface area (Å²) in [6.07, 6.45) is 0. The molecule has 0 aliphatic carbocycles. The Morgan fingerprint density at radius 3 is 2.44 bits per heavy atom. The van der Waals surface area contributed by atoms with E-state index in [1.807, 2.05) is 18.2 Å². The van der Waals surface area contributed by atoms with Crippen molar-refractivity contribution in [2.24, 2.45) is 10.7 Å². The lowest BCUT2D eigenvalue weighted by Crippen LogP contribution is -2.36. The lowest BCUT2D eigenvalue weighted by Gasteiger charge is -2.13. The number of guanidine groups is 1. The van der Waals surface area contributed by atoms with Crippen molar-refractivity contribution >= 4 is 11.9 Å². The summed E-state index contributed by atoms with van der Waals surface area (Å²) in [6.45, 7) is 0.920. The van der Waals surface area contributed by atoms with Crippen LogP contribution in [0.5, 0.6) is 11.5 Å². The van der Waals surface area contributed by atoms with Crippen LogP contribution in [-0.4, -0.2) is 33.1 Å². The first-order valence-electron chi connectivity index (χ1n) is 7.61. The van der Waals surface area contributed by atoms with Crippen LogP contribution in [0.25, 0.3) is 0 Å². The van der Waals surface area contributed by atoms with Crippen LogP contribution in [-0.2, 0) is 13.1 Å². The molecule has 8 heteroatoms. The first-order chi connectivity index (χ1) is 12.1. The number of hydrogen-bond donors (Lipinski definition) is 3. The van der Waals surface area contributed by atoms with Crippen molar-refractivity contribution in [1.82, 2.24) is 10.6 Å². The number of benzene rings is 1. The van der Waals surface area contributed by atoms with Crippen molar-refractivity contribution in [3.63, 3.8) is 0 Å². The lowest BCUT2D eigenvalue weighted by atomic mass is 10.2. The monoisotopic (exact) mass is 346 g/mol. The predicted molar refractivity (Wildman–Crippen MR) is 93.8 cm³/mol. The van der Waals surface area contributed by atoms with Gasteiger partial charge in [-0.25, -0.2) is 0 Å². The molecule has 1 aromatic carbocycles. The van der Waals surface area contributed by atoms with Gasteiger partial charge in [-0.2, -0.15) is 0 Å². The molecule has 2 aromatic rings. The van der Waals surface area contributed by atoms with Crippen LogP contribution in [0.1, 0.15) is 21.9 Å². The Balaban J connectivity index is 1.90. The summed E-state index contributed by atoms with van der Waals surface area (Å²) in [5.41, 5.74) is 6.17. The number of furan rings is 1. The molecule has 0 fully saturated rings. The normalized spacial score (nSPS) is 11.1. The molecule has 0 saturated heterocycles. The average molecular weight is 346 g/mol. The smallest absolute Gasteiger partial charge is 0.284 e. The maximum atomic E-state index is 11.0. The van der Waals surface area contributed by atoms with E-state index in [-0.39, 0.29) is 5.76 Å². The molecule has 0 bridgehead atoms. The van der Waals surface area contributed by atoms with Crippen LogP contribution in [0, 0.1) is 0 Å². The van der Waals surface area contributed by atoms with Gasteiger partial charge in [0, 0.05) is 13.6 Å². The molecule has 25 heavy (non-hydrogen) atoms. The van der Waals surface area contributed by atoms with Crippen LogP contribution in [0.2, 0.25) is 0 Å². The molecule has 0 saturated carbocycles. The molecule has 0 radical (unpaired) electrons. The van der Waals surface area contributed by atoms with E-state index in [2.05, 4.69) is 15.6 Å². The van der Waals surface area contributed by atoms with E-state index in [4.69, 9.17) is 19.6 Å². The van der Waals surface area contributed by atoms with E-state index in [9.17, 15) is 4.79 Å². The molecule has 4 N–H and O–H groups in total. The maximum absolute atomic E-state index is 11.0. The highest BCUT2D eigenvalue weighted by molar-refractivity contribution is 5.89. The average Bonchev–Trinajstić information content (AvgIpc) is 3.11.